The van der Waals surface area contributed by atoms with Crippen molar-refractivity contribution in [3.63, 3.8) is 0 Å². The number of benzene rings is 1. The summed E-state index contributed by atoms with van der Waals surface area (Å²) >= 11 is 0. The molecular formula is C12H10F3NO. The van der Waals surface area contributed by atoms with Crippen molar-refractivity contribution in [3.8, 4) is 11.3 Å². The first-order chi connectivity index (χ1) is 8.04. The second-order valence-electron chi connectivity index (χ2n) is 3.56. The third-order valence-corrected chi connectivity index (χ3v) is 2.45. The van der Waals surface area contributed by atoms with Gasteiger partial charge in [0.15, 0.2) is 0 Å². The molecule has 1 heterocycles. The van der Waals surface area contributed by atoms with Gasteiger partial charge in [-0.25, -0.2) is 0 Å². The molecule has 1 aromatic heterocycles. The Morgan fingerprint density at radius 2 is 1.82 bits per heavy atom. The highest BCUT2D eigenvalue weighted by atomic mass is 19.4. The summed E-state index contributed by atoms with van der Waals surface area (Å²) in [5, 5.41) is 3.53. The molecule has 0 amide bonds. The third kappa shape index (κ3) is 2.18. The van der Waals surface area contributed by atoms with Gasteiger partial charge in [0.25, 0.3) is 0 Å². The molecule has 2 nitrogen and oxygen atoms in total. The van der Waals surface area contributed by atoms with E-state index in [9.17, 15) is 13.2 Å². The van der Waals surface area contributed by atoms with Crippen molar-refractivity contribution in [2.75, 3.05) is 0 Å². The minimum Gasteiger partial charge on any atom is -0.351 e. The smallest absolute Gasteiger partial charge is 0.351 e. The van der Waals surface area contributed by atoms with Crippen LogP contribution in [-0.2, 0) is 12.6 Å². The highest BCUT2D eigenvalue weighted by Gasteiger charge is 2.39. The number of rotatable bonds is 2. The van der Waals surface area contributed by atoms with Gasteiger partial charge in [-0.3, -0.25) is 0 Å². The predicted molar refractivity (Wildman–Crippen MR) is 56.3 cm³/mol. The Bertz CT molecular complexity index is 502. The van der Waals surface area contributed by atoms with Crippen LogP contribution in [0.4, 0.5) is 13.2 Å². The first-order valence-electron chi connectivity index (χ1n) is 5.15. The molecule has 2 rings (SSSR count). The number of nitrogens with zero attached hydrogens (tertiary/aromatic N) is 1. The number of alkyl halides is 3. The maximum Gasteiger partial charge on any atom is 0.452 e. The van der Waals surface area contributed by atoms with Crippen LogP contribution in [0, 0.1) is 0 Å². The topological polar surface area (TPSA) is 26.0 Å². The van der Waals surface area contributed by atoms with E-state index in [1.807, 2.05) is 0 Å². The number of aromatic nitrogens is 1. The van der Waals surface area contributed by atoms with E-state index in [2.05, 4.69) is 9.68 Å². The second-order valence-corrected chi connectivity index (χ2v) is 3.56. The molecular weight excluding hydrogens is 231 g/mol. The van der Waals surface area contributed by atoms with Crippen molar-refractivity contribution in [1.82, 2.24) is 5.16 Å². The van der Waals surface area contributed by atoms with Crippen molar-refractivity contribution in [2.24, 2.45) is 0 Å². The molecule has 0 unspecified atom stereocenters. The monoisotopic (exact) mass is 241 g/mol. The zero-order valence-electron chi connectivity index (χ0n) is 9.08. The van der Waals surface area contributed by atoms with Crippen LogP contribution in [0.5, 0.6) is 0 Å². The van der Waals surface area contributed by atoms with Gasteiger partial charge in [-0.2, -0.15) is 13.2 Å². The van der Waals surface area contributed by atoms with Crippen LogP contribution in [-0.4, -0.2) is 5.16 Å². The Hall–Kier alpha value is -1.78. The van der Waals surface area contributed by atoms with E-state index in [4.69, 9.17) is 0 Å². The van der Waals surface area contributed by atoms with Crippen LogP contribution in [0.3, 0.4) is 0 Å². The number of hydrogen-bond donors (Lipinski definition) is 0. The van der Waals surface area contributed by atoms with Crippen LogP contribution >= 0.6 is 0 Å². The molecule has 1 aromatic carbocycles. The van der Waals surface area contributed by atoms with E-state index < -0.39 is 11.9 Å². The summed E-state index contributed by atoms with van der Waals surface area (Å²) in [6, 6.07) is 8.70. The lowest BCUT2D eigenvalue weighted by atomic mass is 10.0. The molecule has 0 aliphatic heterocycles. The Balaban J connectivity index is 2.54. The van der Waals surface area contributed by atoms with Gasteiger partial charge >= 0.3 is 6.18 Å². The van der Waals surface area contributed by atoms with E-state index in [-0.39, 0.29) is 17.7 Å². The lowest BCUT2D eigenvalue weighted by Crippen LogP contribution is -2.06. The average Bonchev–Trinajstić information content (AvgIpc) is 2.73. The first-order valence-corrected chi connectivity index (χ1v) is 5.15. The summed E-state index contributed by atoms with van der Waals surface area (Å²) in [6.07, 6.45) is -4.27. The SMILES string of the molecule is CCc1c(-c2ccccc2)noc1C(F)(F)F. The van der Waals surface area contributed by atoms with Gasteiger partial charge in [-0.15, -0.1) is 0 Å². The molecule has 0 bridgehead atoms. The molecule has 0 spiro atoms. The molecule has 5 heteroatoms. The molecule has 0 radical (unpaired) electrons. The number of hydrogen-bond acceptors (Lipinski definition) is 2. The van der Waals surface area contributed by atoms with Crippen molar-refractivity contribution in [2.45, 2.75) is 19.5 Å². The van der Waals surface area contributed by atoms with Crippen LogP contribution in [0.15, 0.2) is 34.9 Å². The highest BCUT2D eigenvalue weighted by molar-refractivity contribution is 5.63. The highest BCUT2D eigenvalue weighted by Crippen LogP contribution is 2.36. The zero-order chi connectivity index (χ0) is 12.5. The van der Waals surface area contributed by atoms with E-state index in [1.54, 1.807) is 37.3 Å². The van der Waals surface area contributed by atoms with Gasteiger partial charge in [-0.1, -0.05) is 42.4 Å². The normalized spacial score (nSPS) is 11.8. The maximum absolute atomic E-state index is 12.6. The van der Waals surface area contributed by atoms with E-state index in [1.165, 1.54) is 0 Å². The van der Waals surface area contributed by atoms with E-state index >= 15 is 0 Å². The molecule has 0 aliphatic rings. The molecule has 90 valence electrons. The lowest BCUT2D eigenvalue weighted by molar-refractivity contribution is -0.156. The Labute approximate surface area is 96.0 Å². The summed E-state index contributed by atoms with van der Waals surface area (Å²) in [4.78, 5) is 0. The van der Waals surface area contributed by atoms with E-state index in [0.29, 0.717) is 5.56 Å². The fourth-order valence-corrected chi connectivity index (χ4v) is 1.68. The minimum absolute atomic E-state index is 0.101. The fraction of sp³-hybridized carbons (Fsp3) is 0.250. The zero-order valence-corrected chi connectivity index (χ0v) is 9.08. The van der Waals surface area contributed by atoms with Crippen LogP contribution < -0.4 is 0 Å². The van der Waals surface area contributed by atoms with Crippen molar-refractivity contribution in [1.29, 1.82) is 0 Å². The molecule has 0 fully saturated rings. The molecule has 0 atom stereocenters. The molecule has 0 saturated carbocycles. The largest absolute Gasteiger partial charge is 0.452 e. The molecule has 0 aliphatic carbocycles. The van der Waals surface area contributed by atoms with Gasteiger partial charge < -0.3 is 4.52 Å². The average molecular weight is 241 g/mol. The molecule has 17 heavy (non-hydrogen) atoms. The first kappa shape index (κ1) is 11.7. The molecule has 0 saturated heterocycles. The molecule has 2 aromatic rings. The van der Waals surface area contributed by atoms with Crippen LogP contribution in [0.25, 0.3) is 11.3 Å². The summed E-state index contributed by atoms with van der Waals surface area (Å²) in [7, 11) is 0. The Morgan fingerprint density at radius 1 is 1.18 bits per heavy atom. The van der Waals surface area contributed by atoms with Crippen molar-refractivity contribution in [3.05, 3.63) is 41.7 Å². The van der Waals surface area contributed by atoms with Crippen LogP contribution in [0.1, 0.15) is 18.2 Å². The van der Waals surface area contributed by atoms with Crippen molar-refractivity contribution < 1.29 is 17.7 Å². The lowest BCUT2D eigenvalue weighted by Gasteiger charge is -2.04. The van der Waals surface area contributed by atoms with Gasteiger partial charge in [-0.05, 0) is 6.42 Å². The maximum atomic E-state index is 12.6. The van der Waals surface area contributed by atoms with Gasteiger partial charge in [0.05, 0.1) is 0 Å². The van der Waals surface area contributed by atoms with Gasteiger partial charge in [0.1, 0.15) is 5.69 Å². The van der Waals surface area contributed by atoms with Gasteiger partial charge in [0, 0.05) is 11.1 Å². The second kappa shape index (κ2) is 4.24. The predicted octanol–water partition coefficient (Wildman–Crippen LogP) is 3.92. The Kier molecular flexibility index (Phi) is 2.92. The van der Waals surface area contributed by atoms with Crippen molar-refractivity contribution >= 4 is 0 Å². The van der Waals surface area contributed by atoms with Gasteiger partial charge in [0.2, 0.25) is 5.76 Å². The fourth-order valence-electron chi connectivity index (χ4n) is 1.68. The standard InChI is InChI=1S/C12H10F3NO/c1-2-9-10(8-6-4-3-5-7-8)16-17-11(9)12(13,14)15/h3-7H,2H2,1H3. The van der Waals surface area contributed by atoms with Crippen LogP contribution in [0.2, 0.25) is 0 Å². The summed E-state index contributed by atoms with van der Waals surface area (Å²) in [6.45, 7) is 1.65. The van der Waals surface area contributed by atoms with E-state index in [0.717, 1.165) is 0 Å². The summed E-state index contributed by atoms with van der Waals surface area (Å²) in [5.74, 6) is -1.00. The third-order valence-electron chi connectivity index (χ3n) is 2.45. The summed E-state index contributed by atoms with van der Waals surface area (Å²) in [5.41, 5.74) is 0.993. The quantitative estimate of drug-likeness (QED) is 0.796. The summed E-state index contributed by atoms with van der Waals surface area (Å²) < 4.78 is 42.3. The Morgan fingerprint density at radius 3 is 2.35 bits per heavy atom. The molecule has 0 N–H and O–H groups in total. The number of halogens is 3. The minimum atomic E-state index is -4.49.